The normalized spacial score (nSPS) is 13.5. The van der Waals surface area contributed by atoms with Gasteiger partial charge in [0, 0.05) is 12.7 Å². The lowest BCUT2D eigenvalue weighted by atomic mass is 10.1. The fourth-order valence-electron chi connectivity index (χ4n) is 2.71. The van der Waals surface area contributed by atoms with E-state index in [0.717, 1.165) is 16.3 Å². The zero-order valence-electron chi connectivity index (χ0n) is 15.6. The monoisotopic (exact) mass is 403 g/mol. The molecule has 1 aliphatic rings. The van der Waals surface area contributed by atoms with Crippen LogP contribution in [0.1, 0.15) is 12.5 Å². The van der Waals surface area contributed by atoms with Crippen molar-refractivity contribution in [3.63, 3.8) is 0 Å². The maximum Gasteiger partial charge on any atom is 0.262 e. The summed E-state index contributed by atoms with van der Waals surface area (Å²) in [5, 5.41) is 5.25. The molecule has 3 rings (SSSR count). The lowest BCUT2D eigenvalue weighted by Crippen LogP contribution is -2.35. The minimum absolute atomic E-state index is 0.0420. The Morgan fingerprint density at radius 2 is 1.93 bits per heavy atom. The number of rotatable bonds is 6. The summed E-state index contributed by atoms with van der Waals surface area (Å²) >= 11 is 0. The first-order chi connectivity index (χ1) is 13.3. The summed E-state index contributed by atoms with van der Waals surface area (Å²) < 4.78 is 31.7. The zero-order chi connectivity index (χ0) is 20.3. The van der Waals surface area contributed by atoms with Gasteiger partial charge in [-0.05, 0) is 42.3 Å². The number of nitrogens with zero attached hydrogens (tertiary/aromatic N) is 1. The highest BCUT2D eigenvalue weighted by atomic mass is 32.2. The highest BCUT2D eigenvalue weighted by molar-refractivity contribution is 7.89. The first kappa shape index (κ1) is 19.8. The van der Waals surface area contributed by atoms with Crippen LogP contribution in [-0.4, -0.2) is 44.7 Å². The van der Waals surface area contributed by atoms with E-state index in [1.807, 2.05) is 19.1 Å². The fraction of sp³-hybridized carbons (Fsp3) is 0.263. The van der Waals surface area contributed by atoms with E-state index in [-0.39, 0.29) is 29.6 Å². The number of carbonyl (C=O) groups excluding carboxylic acids is 2. The molecule has 2 N–H and O–H groups in total. The number of anilines is 2. The molecule has 0 atom stereocenters. The fourth-order valence-corrected chi connectivity index (χ4v) is 3.87. The van der Waals surface area contributed by atoms with E-state index in [1.165, 1.54) is 25.2 Å². The minimum Gasteiger partial charge on any atom is -0.482 e. The van der Waals surface area contributed by atoms with Gasteiger partial charge in [-0.15, -0.1) is 0 Å². The summed E-state index contributed by atoms with van der Waals surface area (Å²) in [6.07, 6.45) is 0.890. The number of likely N-dealkylation sites (N-methyl/N-ethyl adjacent to an activating group) is 1. The van der Waals surface area contributed by atoms with Crippen LogP contribution < -0.4 is 15.4 Å². The predicted molar refractivity (Wildman–Crippen MR) is 105 cm³/mol. The number of sulfonamides is 1. The minimum atomic E-state index is -3.92. The Labute approximate surface area is 163 Å². The Hall–Kier alpha value is -2.91. The van der Waals surface area contributed by atoms with Gasteiger partial charge in [0.2, 0.25) is 15.9 Å². The summed E-state index contributed by atoms with van der Waals surface area (Å²) in [4.78, 5) is 23.6. The van der Waals surface area contributed by atoms with E-state index in [2.05, 4.69) is 10.6 Å². The molecule has 0 aliphatic carbocycles. The molecule has 148 valence electrons. The topological polar surface area (TPSA) is 105 Å². The van der Waals surface area contributed by atoms with Crippen molar-refractivity contribution in [2.45, 2.75) is 18.2 Å². The molecule has 0 bridgehead atoms. The summed E-state index contributed by atoms with van der Waals surface area (Å²) in [6, 6.07) is 11.5. The average molecular weight is 403 g/mol. The van der Waals surface area contributed by atoms with Gasteiger partial charge in [0.15, 0.2) is 6.61 Å². The van der Waals surface area contributed by atoms with E-state index < -0.39 is 15.9 Å². The number of benzene rings is 2. The van der Waals surface area contributed by atoms with Crippen molar-refractivity contribution >= 4 is 33.2 Å². The quantitative estimate of drug-likeness (QED) is 0.766. The second-order valence-corrected chi connectivity index (χ2v) is 8.40. The molecule has 0 saturated heterocycles. The molecule has 1 aliphatic heterocycles. The molecule has 2 aromatic carbocycles. The number of aryl methyl sites for hydroxylation is 1. The van der Waals surface area contributed by atoms with Crippen LogP contribution in [0.15, 0.2) is 47.4 Å². The van der Waals surface area contributed by atoms with Gasteiger partial charge in [0.1, 0.15) is 5.75 Å². The van der Waals surface area contributed by atoms with Crippen molar-refractivity contribution in [2.24, 2.45) is 0 Å². The molecule has 0 saturated carbocycles. The van der Waals surface area contributed by atoms with Crippen LogP contribution in [0, 0.1) is 0 Å². The third kappa shape index (κ3) is 4.32. The number of amides is 2. The van der Waals surface area contributed by atoms with Crippen LogP contribution in [0.25, 0.3) is 0 Å². The van der Waals surface area contributed by atoms with Gasteiger partial charge in [-0.2, -0.15) is 4.31 Å². The third-order valence-corrected chi connectivity index (χ3v) is 6.10. The van der Waals surface area contributed by atoms with Gasteiger partial charge < -0.3 is 15.4 Å². The van der Waals surface area contributed by atoms with Crippen molar-refractivity contribution < 1.29 is 22.7 Å². The van der Waals surface area contributed by atoms with E-state index in [4.69, 9.17) is 4.74 Å². The summed E-state index contributed by atoms with van der Waals surface area (Å²) in [6.45, 7) is 1.57. The molecular weight excluding hydrogens is 382 g/mol. The lowest BCUT2D eigenvalue weighted by Gasteiger charge is -2.21. The molecule has 9 heteroatoms. The zero-order valence-corrected chi connectivity index (χ0v) is 16.4. The first-order valence-electron chi connectivity index (χ1n) is 8.71. The number of ether oxygens (including phenoxy) is 1. The molecule has 0 fully saturated rings. The largest absolute Gasteiger partial charge is 0.482 e. The Morgan fingerprint density at radius 3 is 2.61 bits per heavy atom. The smallest absolute Gasteiger partial charge is 0.262 e. The summed E-state index contributed by atoms with van der Waals surface area (Å²) in [5.41, 5.74) is 2.02. The van der Waals surface area contributed by atoms with E-state index in [9.17, 15) is 18.0 Å². The number of hydrogen-bond donors (Lipinski definition) is 2. The van der Waals surface area contributed by atoms with Crippen molar-refractivity contribution in [2.75, 3.05) is 30.8 Å². The highest BCUT2D eigenvalue weighted by Gasteiger charge is 2.25. The van der Waals surface area contributed by atoms with E-state index in [1.54, 1.807) is 12.1 Å². The standard InChI is InChI=1S/C19H21N3O5S/c1-3-13-4-6-14(7-5-13)20-18(23)11-22(2)28(25,26)15-8-9-17-16(10-15)21-19(24)12-27-17/h4-10H,3,11-12H2,1-2H3,(H,20,23)(H,21,24). The average Bonchev–Trinajstić information content (AvgIpc) is 2.67. The SMILES string of the molecule is CCc1ccc(NC(=O)CN(C)S(=O)(=O)c2ccc3c(c2)NC(=O)CO3)cc1. The molecule has 2 amide bonds. The summed E-state index contributed by atoms with van der Waals surface area (Å²) in [7, 11) is -2.60. The Morgan fingerprint density at radius 1 is 1.21 bits per heavy atom. The van der Waals surface area contributed by atoms with Gasteiger partial charge in [-0.3, -0.25) is 9.59 Å². The van der Waals surface area contributed by atoms with Crippen molar-refractivity contribution in [3.8, 4) is 5.75 Å². The van der Waals surface area contributed by atoms with Crippen LogP contribution in [0.2, 0.25) is 0 Å². The maximum absolute atomic E-state index is 12.8. The van der Waals surface area contributed by atoms with Crippen molar-refractivity contribution in [3.05, 3.63) is 48.0 Å². The van der Waals surface area contributed by atoms with Gasteiger partial charge in [-0.1, -0.05) is 19.1 Å². The second-order valence-electron chi connectivity index (χ2n) is 6.35. The maximum atomic E-state index is 12.8. The molecule has 2 aromatic rings. The van der Waals surface area contributed by atoms with E-state index >= 15 is 0 Å². The van der Waals surface area contributed by atoms with Gasteiger partial charge >= 0.3 is 0 Å². The molecule has 0 aromatic heterocycles. The second kappa shape index (κ2) is 7.99. The Balaban J connectivity index is 1.70. The van der Waals surface area contributed by atoms with Gasteiger partial charge in [-0.25, -0.2) is 8.42 Å². The van der Waals surface area contributed by atoms with Crippen LogP contribution >= 0.6 is 0 Å². The number of carbonyl (C=O) groups is 2. The Bertz CT molecular complexity index is 1000. The van der Waals surface area contributed by atoms with Crippen molar-refractivity contribution in [1.29, 1.82) is 0 Å². The van der Waals surface area contributed by atoms with Crippen LogP contribution in [0.5, 0.6) is 5.75 Å². The predicted octanol–water partition coefficient (Wildman–Crippen LogP) is 1.84. The number of nitrogens with one attached hydrogen (secondary N) is 2. The molecular formula is C19H21N3O5S. The van der Waals surface area contributed by atoms with Crippen LogP contribution in [0.3, 0.4) is 0 Å². The Kier molecular flexibility index (Phi) is 5.66. The first-order valence-corrected chi connectivity index (χ1v) is 10.2. The molecule has 0 spiro atoms. The summed E-state index contributed by atoms with van der Waals surface area (Å²) in [5.74, 6) is -0.414. The number of fused-ring (bicyclic) bond motifs is 1. The van der Waals surface area contributed by atoms with Crippen LogP contribution in [0.4, 0.5) is 11.4 Å². The van der Waals surface area contributed by atoms with Gasteiger partial charge in [0.05, 0.1) is 17.1 Å². The van der Waals surface area contributed by atoms with E-state index in [0.29, 0.717) is 11.4 Å². The van der Waals surface area contributed by atoms with Crippen LogP contribution in [-0.2, 0) is 26.0 Å². The van der Waals surface area contributed by atoms with Gasteiger partial charge in [0.25, 0.3) is 5.91 Å². The molecule has 0 radical (unpaired) electrons. The molecule has 28 heavy (non-hydrogen) atoms. The lowest BCUT2D eigenvalue weighted by molar-refractivity contribution is -0.118. The third-order valence-electron chi connectivity index (χ3n) is 4.30. The molecule has 0 unspecified atom stereocenters. The molecule has 1 heterocycles. The number of hydrogen-bond acceptors (Lipinski definition) is 5. The highest BCUT2D eigenvalue weighted by Crippen LogP contribution is 2.30. The molecule has 8 nitrogen and oxygen atoms in total. The van der Waals surface area contributed by atoms with Crippen molar-refractivity contribution in [1.82, 2.24) is 4.31 Å².